The summed E-state index contributed by atoms with van der Waals surface area (Å²) in [5.74, 6) is -1.11. The number of aromatic nitrogens is 2. The fourth-order valence-corrected chi connectivity index (χ4v) is 2.60. The van der Waals surface area contributed by atoms with Crippen molar-refractivity contribution in [2.75, 3.05) is 0 Å². The Bertz CT molecular complexity index is 566. The molecule has 0 radical (unpaired) electrons. The number of alkyl halides is 3. The molecule has 0 fully saturated rings. The van der Waals surface area contributed by atoms with Gasteiger partial charge in [-0.3, -0.25) is 0 Å². The summed E-state index contributed by atoms with van der Waals surface area (Å²) in [7, 11) is 0. The highest BCUT2D eigenvalue weighted by Gasteiger charge is 2.46. The third-order valence-corrected chi connectivity index (χ3v) is 3.62. The molecule has 2 aromatic rings. The van der Waals surface area contributed by atoms with Gasteiger partial charge in [-0.1, -0.05) is 0 Å². The monoisotopic (exact) mass is 308 g/mol. The van der Waals surface area contributed by atoms with Gasteiger partial charge in [0.15, 0.2) is 5.69 Å². The van der Waals surface area contributed by atoms with Gasteiger partial charge in [0.2, 0.25) is 6.10 Å². The summed E-state index contributed by atoms with van der Waals surface area (Å²) < 4.78 is 43.2. The standard InChI is InChI=1S/C10H7F3N2O2S2/c1-5-2-19-8(15-5)7(10(11,12)13)17-9(16)6-3-18-4-14-6/h2-4,7H,1H3/t7-/m1/s1. The number of halogens is 3. The molecule has 0 saturated heterocycles. The summed E-state index contributed by atoms with van der Waals surface area (Å²) >= 11 is 1.89. The van der Waals surface area contributed by atoms with E-state index in [1.165, 1.54) is 16.3 Å². The maximum absolute atomic E-state index is 12.9. The lowest BCUT2D eigenvalue weighted by molar-refractivity contribution is -0.207. The smallest absolute Gasteiger partial charge is 0.432 e. The van der Waals surface area contributed by atoms with Gasteiger partial charge in [0.25, 0.3) is 0 Å². The van der Waals surface area contributed by atoms with Gasteiger partial charge in [-0.15, -0.1) is 22.7 Å². The minimum Gasteiger partial charge on any atom is -0.440 e. The molecule has 4 nitrogen and oxygen atoms in total. The van der Waals surface area contributed by atoms with Crippen molar-refractivity contribution in [1.82, 2.24) is 9.97 Å². The van der Waals surface area contributed by atoms with E-state index in [1.54, 1.807) is 6.92 Å². The van der Waals surface area contributed by atoms with Crippen molar-refractivity contribution in [3.8, 4) is 0 Å². The zero-order chi connectivity index (χ0) is 14.0. The second-order valence-electron chi connectivity index (χ2n) is 3.53. The van der Waals surface area contributed by atoms with Gasteiger partial charge < -0.3 is 4.74 Å². The van der Waals surface area contributed by atoms with Crippen LogP contribution in [0.15, 0.2) is 16.3 Å². The molecule has 2 aromatic heterocycles. The number of carbonyl (C=O) groups is 1. The third-order valence-electron chi connectivity index (χ3n) is 2.02. The number of aryl methyl sites for hydroxylation is 1. The molecule has 0 N–H and O–H groups in total. The SMILES string of the molecule is Cc1csc([C@@H](OC(=O)c2cscn2)C(F)(F)F)n1. The third kappa shape index (κ3) is 3.29. The molecule has 0 aliphatic carbocycles. The van der Waals surface area contributed by atoms with Crippen molar-refractivity contribution in [2.45, 2.75) is 19.2 Å². The molecule has 0 saturated carbocycles. The van der Waals surface area contributed by atoms with Crippen LogP contribution in [0.2, 0.25) is 0 Å². The second-order valence-corrected chi connectivity index (χ2v) is 5.14. The Morgan fingerprint density at radius 1 is 1.42 bits per heavy atom. The minimum atomic E-state index is -4.71. The number of ether oxygens (including phenoxy) is 1. The van der Waals surface area contributed by atoms with Crippen LogP contribution in [-0.2, 0) is 4.74 Å². The number of hydrogen-bond acceptors (Lipinski definition) is 6. The number of nitrogens with zero attached hydrogens (tertiary/aromatic N) is 2. The largest absolute Gasteiger partial charge is 0.440 e. The summed E-state index contributed by atoms with van der Waals surface area (Å²) in [5.41, 5.74) is 1.64. The van der Waals surface area contributed by atoms with Crippen LogP contribution in [0.5, 0.6) is 0 Å². The minimum absolute atomic E-state index is 0.146. The van der Waals surface area contributed by atoms with Crippen molar-refractivity contribution < 1.29 is 22.7 Å². The van der Waals surface area contributed by atoms with Gasteiger partial charge in [0.05, 0.1) is 5.51 Å². The number of hydrogen-bond donors (Lipinski definition) is 0. The number of esters is 1. The zero-order valence-electron chi connectivity index (χ0n) is 9.47. The first-order valence-electron chi connectivity index (χ1n) is 4.96. The van der Waals surface area contributed by atoms with E-state index in [9.17, 15) is 18.0 Å². The van der Waals surface area contributed by atoms with Crippen molar-refractivity contribution in [2.24, 2.45) is 0 Å². The molecule has 0 bridgehead atoms. The number of carbonyl (C=O) groups excluding carboxylic acids is 1. The molecular weight excluding hydrogens is 301 g/mol. The van der Waals surface area contributed by atoms with Crippen LogP contribution in [0.25, 0.3) is 0 Å². The van der Waals surface area contributed by atoms with Crippen molar-refractivity contribution in [3.05, 3.63) is 32.7 Å². The molecule has 0 amide bonds. The van der Waals surface area contributed by atoms with Crippen LogP contribution in [0, 0.1) is 6.92 Å². The van der Waals surface area contributed by atoms with E-state index in [-0.39, 0.29) is 10.7 Å². The van der Waals surface area contributed by atoms with Crippen LogP contribution in [0.3, 0.4) is 0 Å². The predicted molar refractivity (Wildman–Crippen MR) is 63.2 cm³/mol. The lowest BCUT2D eigenvalue weighted by atomic mass is 10.3. The summed E-state index contributed by atoms with van der Waals surface area (Å²) in [6.45, 7) is 1.57. The molecule has 1 atom stereocenters. The van der Waals surface area contributed by atoms with Crippen molar-refractivity contribution >= 4 is 28.6 Å². The molecule has 2 heterocycles. The van der Waals surface area contributed by atoms with Crippen LogP contribution in [0.4, 0.5) is 13.2 Å². The van der Waals surface area contributed by atoms with E-state index in [4.69, 9.17) is 0 Å². The van der Waals surface area contributed by atoms with Gasteiger partial charge in [-0.05, 0) is 6.92 Å². The quantitative estimate of drug-likeness (QED) is 0.816. The zero-order valence-corrected chi connectivity index (χ0v) is 11.1. The molecule has 0 spiro atoms. The first kappa shape index (κ1) is 13.9. The van der Waals surface area contributed by atoms with Crippen LogP contribution in [-0.4, -0.2) is 22.1 Å². The molecule has 0 unspecified atom stereocenters. The van der Waals surface area contributed by atoms with Crippen molar-refractivity contribution in [1.29, 1.82) is 0 Å². The molecular formula is C10H7F3N2O2S2. The average molecular weight is 308 g/mol. The predicted octanol–water partition coefficient (Wildman–Crippen LogP) is 3.37. The van der Waals surface area contributed by atoms with Gasteiger partial charge >= 0.3 is 12.1 Å². The number of rotatable bonds is 3. The molecule has 2 rings (SSSR count). The molecule has 0 aliphatic heterocycles. The lowest BCUT2D eigenvalue weighted by Gasteiger charge is -2.17. The molecule has 19 heavy (non-hydrogen) atoms. The van der Waals surface area contributed by atoms with Crippen LogP contribution in [0.1, 0.15) is 27.3 Å². The normalized spacial score (nSPS) is 13.3. The summed E-state index contributed by atoms with van der Waals surface area (Å²) in [6, 6.07) is 0. The maximum atomic E-state index is 12.9. The average Bonchev–Trinajstić information content (AvgIpc) is 2.94. The Balaban J connectivity index is 2.23. The Labute approximate surface area is 113 Å². The van der Waals surface area contributed by atoms with E-state index in [2.05, 4.69) is 14.7 Å². The van der Waals surface area contributed by atoms with Gasteiger partial charge in [0, 0.05) is 16.5 Å². The molecule has 0 aliphatic rings. The Morgan fingerprint density at radius 2 is 2.16 bits per heavy atom. The van der Waals surface area contributed by atoms with E-state index in [1.807, 2.05) is 0 Å². The van der Waals surface area contributed by atoms with E-state index < -0.39 is 18.2 Å². The molecule has 9 heteroatoms. The van der Waals surface area contributed by atoms with Crippen molar-refractivity contribution in [3.63, 3.8) is 0 Å². The first-order chi connectivity index (χ1) is 8.88. The summed E-state index contributed by atoms with van der Waals surface area (Å²) in [6.07, 6.45) is -7.07. The van der Waals surface area contributed by atoms with Crippen LogP contribution < -0.4 is 0 Å². The topological polar surface area (TPSA) is 52.1 Å². The highest BCUT2D eigenvalue weighted by molar-refractivity contribution is 7.09. The highest BCUT2D eigenvalue weighted by atomic mass is 32.1. The summed E-state index contributed by atoms with van der Waals surface area (Å²) in [5, 5.41) is 2.49. The summed E-state index contributed by atoms with van der Waals surface area (Å²) in [4.78, 5) is 18.9. The maximum Gasteiger partial charge on any atom is 0.432 e. The second kappa shape index (κ2) is 5.25. The highest BCUT2D eigenvalue weighted by Crippen LogP contribution is 2.37. The van der Waals surface area contributed by atoms with E-state index in [0.29, 0.717) is 5.69 Å². The van der Waals surface area contributed by atoms with Gasteiger partial charge in [0.1, 0.15) is 5.01 Å². The Hall–Kier alpha value is -1.48. The lowest BCUT2D eigenvalue weighted by Crippen LogP contribution is -2.26. The van der Waals surface area contributed by atoms with Crippen LogP contribution >= 0.6 is 22.7 Å². The molecule has 0 aromatic carbocycles. The van der Waals surface area contributed by atoms with Gasteiger partial charge in [-0.25, -0.2) is 14.8 Å². The fourth-order valence-electron chi connectivity index (χ4n) is 1.23. The van der Waals surface area contributed by atoms with E-state index in [0.717, 1.165) is 22.7 Å². The number of thiazole rings is 2. The first-order valence-corrected chi connectivity index (χ1v) is 6.78. The van der Waals surface area contributed by atoms with Gasteiger partial charge in [-0.2, -0.15) is 13.2 Å². The Kier molecular flexibility index (Phi) is 3.85. The van der Waals surface area contributed by atoms with E-state index >= 15 is 0 Å². The fraction of sp³-hybridized carbons (Fsp3) is 0.300. The molecule has 102 valence electrons. The Morgan fingerprint density at radius 3 is 2.63 bits per heavy atom.